The molecule has 0 fully saturated rings. The lowest BCUT2D eigenvalue weighted by molar-refractivity contribution is -0.137. The fraction of sp³-hybridized carbons (Fsp3) is 0.208. The first-order valence-electron chi connectivity index (χ1n) is 9.88. The van der Waals surface area contributed by atoms with Gasteiger partial charge in [0.05, 0.1) is 19.1 Å². The van der Waals surface area contributed by atoms with Crippen molar-refractivity contribution in [2.24, 2.45) is 5.73 Å². The maximum Gasteiger partial charge on any atom is 0.416 e. The van der Waals surface area contributed by atoms with E-state index < -0.39 is 11.7 Å². The highest BCUT2D eigenvalue weighted by molar-refractivity contribution is 5.96. The molecule has 1 amide bonds. The molecule has 0 saturated carbocycles. The Kier molecular flexibility index (Phi) is 7.37. The normalized spacial score (nSPS) is 11.2. The number of anilines is 1. The maximum atomic E-state index is 13.1. The summed E-state index contributed by atoms with van der Waals surface area (Å²) in [6, 6.07) is 16.9. The lowest BCUT2D eigenvalue weighted by Gasteiger charge is -2.14. The molecule has 168 valence electrons. The number of amides is 1. The number of nitrogens with two attached hydrogens (primary N) is 1. The number of carbonyl (C=O) groups excluding carboxylic acids is 1. The Labute approximate surface area is 184 Å². The second-order valence-corrected chi connectivity index (χ2v) is 6.97. The second kappa shape index (κ2) is 10.2. The minimum atomic E-state index is -4.45. The Bertz CT molecular complexity index is 1080. The molecule has 0 aliphatic rings. The number of hydrogen-bond acceptors (Lipinski definition) is 4. The summed E-state index contributed by atoms with van der Waals surface area (Å²) in [5, 5.41) is 2.79. The topological polar surface area (TPSA) is 73.6 Å². The minimum Gasteiger partial charge on any atom is -0.493 e. The van der Waals surface area contributed by atoms with Crippen molar-refractivity contribution < 1.29 is 27.4 Å². The van der Waals surface area contributed by atoms with Crippen LogP contribution in [0.2, 0.25) is 0 Å². The van der Waals surface area contributed by atoms with Crippen molar-refractivity contribution in [3.05, 3.63) is 77.9 Å². The van der Waals surface area contributed by atoms with Crippen molar-refractivity contribution in [2.75, 3.05) is 25.6 Å². The summed E-state index contributed by atoms with van der Waals surface area (Å²) in [5.74, 6) is 0.687. The van der Waals surface area contributed by atoms with Crippen LogP contribution in [0.15, 0.2) is 66.7 Å². The Balaban J connectivity index is 1.79. The Hall–Kier alpha value is -3.52. The van der Waals surface area contributed by atoms with Crippen LogP contribution in [0.4, 0.5) is 18.9 Å². The van der Waals surface area contributed by atoms with Gasteiger partial charge >= 0.3 is 6.18 Å². The van der Waals surface area contributed by atoms with Gasteiger partial charge in [-0.15, -0.1) is 0 Å². The average molecular weight is 444 g/mol. The van der Waals surface area contributed by atoms with Crippen LogP contribution in [0.3, 0.4) is 0 Å². The van der Waals surface area contributed by atoms with E-state index in [4.69, 9.17) is 15.2 Å². The van der Waals surface area contributed by atoms with E-state index in [1.54, 1.807) is 48.5 Å². The van der Waals surface area contributed by atoms with E-state index in [0.29, 0.717) is 47.0 Å². The first-order valence-corrected chi connectivity index (χ1v) is 9.88. The van der Waals surface area contributed by atoms with Crippen LogP contribution in [-0.4, -0.2) is 26.2 Å². The molecule has 3 N–H and O–H groups in total. The highest BCUT2D eigenvalue weighted by atomic mass is 19.4. The highest BCUT2D eigenvalue weighted by Gasteiger charge is 2.30. The van der Waals surface area contributed by atoms with E-state index in [2.05, 4.69) is 5.32 Å². The number of halogens is 3. The molecule has 0 aliphatic heterocycles. The summed E-state index contributed by atoms with van der Waals surface area (Å²) in [5.41, 5.74) is 6.67. The number of para-hydroxylation sites is 1. The van der Waals surface area contributed by atoms with Gasteiger partial charge in [0, 0.05) is 17.8 Å². The monoisotopic (exact) mass is 444 g/mol. The molecule has 0 saturated heterocycles. The molecule has 0 aliphatic carbocycles. The second-order valence-electron chi connectivity index (χ2n) is 6.97. The highest BCUT2D eigenvalue weighted by Crippen LogP contribution is 2.34. The number of nitrogens with one attached hydrogen (secondary N) is 1. The molecule has 0 radical (unpaired) electrons. The number of hydrogen-bond donors (Lipinski definition) is 2. The zero-order valence-electron chi connectivity index (χ0n) is 17.4. The molecule has 0 aromatic heterocycles. The van der Waals surface area contributed by atoms with Crippen molar-refractivity contribution in [2.45, 2.75) is 12.6 Å². The molecule has 5 nitrogen and oxygen atoms in total. The molecule has 0 spiro atoms. The molecule has 3 aromatic carbocycles. The molecule has 8 heteroatoms. The molecule has 32 heavy (non-hydrogen) atoms. The lowest BCUT2D eigenvalue weighted by Crippen LogP contribution is -2.15. The first kappa shape index (κ1) is 23.1. The SMILES string of the molecule is COc1cc(CC(=O)Nc2ccccc2-c2cccc(C(F)(F)F)c2)ccc1OCCN. The van der Waals surface area contributed by atoms with E-state index in [0.717, 1.165) is 12.1 Å². The van der Waals surface area contributed by atoms with E-state index in [-0.39, 0.29) is 12.3 Å². The summed E-state index contributed by atoms with van der Waals surface area (Å²) in [6.45, 7) is 0.696. The van der Waals surface area contributed by atoms with Crippen LogP contribution in [0.25, 0.3) is 11.1 Å². The zero-order valence-corrected chi connectivity index (χ0v) is 17.4. The summed E-state index contributed by atoms with van der Waals surface area (Å²) < 4.78 is 50.1. The van der Waals surface area contributed by atoms with Crippen LogP contribution >= 0.6 is 0 Å². The van der Waals surface area contributed by atoms with Crippen molar-refractivity contribution in [1.29, 1.82) is 0 Å². The van der Waals surface area contributed by atoms with Gasteiger partial charge in [0.15, 0.2) is 11.5 Å². The molecular weight excluding hydrogens is 421 g/mol. The molecule has 3 rings (SSSR count). The Morgan fingerprint density at radius 1 is 1.00 bits per heavy atom. The molecular formula is C24H23F3N2O3. The van der Waals surface area contributed by atoms with Gasteiger partial charge < -0.3 is 20.5 Å². The predicted molar refractivity (Wildman–Crippen MR) is 117 cm³/mol. The van der Waals surface area contributed by atoms with Crippen LogP contribution in [0, 0.1) is 0 Å². The number of methoxy groups -OCH3 is 1. The number of carbonyl (C=O) groups is 1. The number of ether oxygens (including phenoxy) is 2. The van der Waals surface area contributed by atoms with Gasteiger partial charge in [-0.25, -0.2) is 0 Å². The number of rotatable bonds is 8. The fourth-order valence-corrected chi connectivity index (χ4v) is 3.20. The van der Waals surface area contributed by atoms with Gasteiger partial charge in [-0.3, -0.25) is 4.79 Å². The van der Waals surface area contributed by atoms with Gasteiger partial charge in [-0.2, -0.15) is 13.2 Å². The summed E-state index contributed by atoms with van der Waals surface area (Å²) in [6.07, 6.45) is -4.41. The molecule has 3 aromatic rings. The Morgan fingerprint density at radius 3 is 2.50 bits per heavy atom. The van der Waals surface area contributed by atoms with Gasteiger partial charge in [0.1, 0.15) is 6.61 Å². The fourth-order valence-electron chi connectivity index (χ4n) is 3.20. The summed E-state index contributed by atoms with van der Waals surface area (Å²) in [4.78, 5) is 12.7. The largest absolute Gasteiger partial charge is 0.493 e. The number of alkyl halides is 3. The third kappa shape index (κ3) is 5.79. The van der Waals surface area contributed by atoms with Gasteiger partial charge in [-0.1, -0.05) is 36.4 Å². The van der Waals surface area contributed by atoms with E-state index in [1.165, 1.54) is 13.2 Å². The van der Waals surface area contributed by atoms with Crippen LogP contribution < -0.4 is 20.5 Å². The lowest BCUT2D eigenvalue weighted by atomic mass is 10.0. The minimum absolute atomic E-state index is 0.0461. The summed E-state index contributed by atoms with van der Waals surface area (Å²) in [7, 11) is 1.50. The smallest absolute Gasteiger partial charge is 0.416 e. The molecule has 0 unspecified atom stereocenters. The first-order chi connectivity index (χ1) is 15.3. The molecule has 0 bridgehead atoms. The van der Waals surface area contributed by atoms with E-state index in [1.807, 2.05) is 0 Å². The van der Waals surface area contributed by atoms with Crippen LogP contribution in [-0.2, 0) is 17.4 Å². The third-order valence-electron chi connectivity index (χ3n) is 4.67. The predicted octanol–water partition coefficient (Wildman–Crippen LogP) is 4.90. The van der Waals surface area contributed by atoms with Crippen LogP contribution in [0.1, 0.15) is 11.1 Å². The third-order valence-corrected chi connectivity index (χ3v) is 4.67. The van der Waals surface area contributed by atoms with Crippen LogP contribution in [0.5, 0.6) is 11.5 Å². The van der Waals surface area contributed by atoms with E-state index in [9.17, 15) is 18.0 Å². The van der Waals surface area contributed by atoms with Gasteiger partial charge in [-0.05, 0) is 41.5 Å². The average Bonchev–Trinajstić information content (AvgIpc) is 2.78. The van der Waals surface area contributed by atoms with Crippen molar-refractivity contribution in [3.63, 3.8) is 0 Å². The number of benzene rings is 3. The van der Waals surface area contributed by atoms with Crippen molar-refractivity contribution in [1.82, 2.24) is 0 Å². The van der Waals surface area contributed by atoms with E-state index >= 15 is 0 Å². The van der Waals surface area contributed by atoms with Gasteiger partial charge in [0.25, 0.3) is 0 Å². The molecule has 0 atom stereocenters. The van der Waals surface area contributed by atoms with Crippen molar-refractivity contribution >= 4 is 11.6 Å². The summed E-state index contributed by atoms with van der Waals surface area (Å²) >= 11 is 0. The maximum absolute atomic E-state index is 13.1. The van der Waals surface area contributed by atoms with Crippen molar-refractivity contribution in [3.8, 4) is 22.6 Å². The Morgan fingerprint density at radius 2 is 1.78 bits per heavy atom. The standard InChI is InChI=1S/C24H23F3N2O3/c1-31-22-13-16(9-10-21(22)32-12-11-28)14-23(30)29-20-8-3-2-7-19(20)17-5-4-6-18(15-17)24(25,26)27/h2-10,13,15H,11-12,14,28H2,1H3,(H,29,30). The quantitative estimate of drug-likeness (QED) is 0.518. The molecule has 0 heterocycles. The van der Waals surface area contributed by atoms with Gasteiger partial charge in [0.2, 0.25) is 5.91 Å². The zero-order chi connectivity index (χ0) is 23.1.